The zero-order chi connectivity index (χ0) is 13.8. The van der Waals surface area contributed by atoms with Crippen molar-refractivity contribution >= 4 is 5.82 Å². The van der Waals surface area contributed by atoms with Crippen molar-refractivity contribution in [2.45, 2.75) is 20.3 Å². The molecule has 0 unspecified atom stereocenters. The topological polar surface area (TPSA) is 47.0 Å². The smallest absolute Gasteiger partial charge is 0.165 e. The maximum absolute atomic E-state index is 5.43. The Morgan fingerprint density at radius 2 is 2.00 bits per heavy atom. The fourth-order valence-electron chi connectivity index (χ4n) is 1.91. The Kier molecular flexibility index (Phi) is 4.00. The Hall–Kier alpha value is -2.10. The molecule has 1 heterocycles. The number of ether oxygens (including phenoxy) is 1. The average molecular weight is 257 g/mol. The van der Waals surface area contributed by atoms with Crippen molar-refractivity contribution in [1.29, 1.82) is 0 Å². The molecule has 0 fully saturated rings. The van der Waals surface area contributed by atoms with E-state index in [1.54, 1.807) is 7.11 Å². The summed E-state index contributed by atoms with van der Waals surface area (Å²) in [6.07, 6.45) is 0.873. The van der Waals surface area contributed by atoms with Crippen LogP contribution in [0.5, 0.6) is 5.75 Å². The minimum atomic E-state index is 0.695. The monoisotopic (exact) mass is 257 g/mol. The molecule has 1 aromatic carbocycles. The van der Waals surface area contributed by atoms with Gasteiger partial charge in [0.1, 0.15) is 11.6 Å². The Balaban J connectivity index is 2.57. The van der Waals surface area contributed by atoms with Crippen LogP contribution in [0.15, 0.2) is 24.3 Å². The predicted molar refractivity (Wildman–Crippen MR) is 77.7 cm³/mol. The van der Waals surface area contributed by atoms with Gasteiger partial charge in [0, 0.05) is 18.8 Å². The number of nitrogens with zero attached hydrogens (tertiary/aromatic N) is 2. The van der Waals surface area contributed by atoms with Gasteiger partial charge in [-0.2, -0.15) is 0 Å². The van der Waals surface area contributed by atoms with E-state index in [9.17, 15) is 0 Å². The molecule has 0 spiro atoms. The standard InChI is InChI=1S/C15H19N3O/c1-5-11-9-14(16-3)18-15(17-11)12-7-6-10(2)8-13(12)19-4/h6-9H,5H2,1-4H3,(H,16,17,18). The summed E-state index contributed by atoms with van der Waals surface area (Å²) in [5.74, 6) is 2.32. The molecule has 1 aromatic heterocycles. The largest absolute Gasteiger partial charge is 0.496 e. The molecule has 2 rings (SSSR count). The van der Waals surface area contributed by atoms with Crippen molar-refractivity contribution in [1.82, 2.24) is 9.97 Å². The second kappa shape index (κ2) is 5.69. The van der Waals surface area contributed by atoms with E-state index in [0.717, 1.165) is 34.8 Å². The van der Waals surface area contributed by atoms with Crippen LogP contribution in [0.3, 0.4) is 0 Å². The van der Waals surface area contributed by atoms with E-state index in [-0.39, 0.29) is 0 Å². The van der Waals surface area contributed by atoms with Crippen molar-refractivity contribution < 1.29 is 4.74 Å². The fraction of sp³-hybridized carbons (Fsp3) is 0.333. The van der Waals surface area contributed by atoms with E-state index in [1.165, 1.54) is 0 Å². The fourth-order valence-corrected chi connectivity index (χ4v) is 1.91. The molecule has 100 valence electrons. The second-order valence-electron chi connectivity index (χ2n) is 4.38. The molecule has 0 aliphatic carbocycles. The highest BCUT2D eigenvalue weighted by Crippen LogP contribution is 2.29. The summed E-state index contributed by atoms with van der Waals surface area (Å²) in [5, 5.41) is 3.07. The van der Waals surface area contributed by atoms with Gasteiger partial charge in [-0.25, -0.2) is 9.97 Å². The lowest BCUT2D eigenvalue weighted by Gasteiger charge is -2.11. The molecule has 0 saturated heterocycles. The van der Waals surface area contributed by atoms with Crippen molar-refractivity contribution in [2.75, 3.05) is 19.5 Å². The number of aryl methyl sites for hydroxylation is 2. The maximum atomic E-state index is 5.43. The lowest BCUT2D eigenvalue weighted by Crippen LogP contribution is -2.01. The molecular weight excluding hydrogens is 238 g/mol. The number of methoxy groups -OCH3 is 1. The molecule has 19 heavy (non-hydrogen) atoms. The van der Waals surface area contributed by atoms with Gasteiger partial charge in [0.2, 0.25) is 0 Å². The highest BCUT2D eigenvalue weighted by atomic mass is 16.5. The van der Waals surface area contributed by atoms with Crippen molar-refractivity contribution in [3.05, 3.63) is 35.5 Å². The zero-order valence-electron chi connectivity index (χ0n) is 11.8. The van der Waals surface area contributed by atoms with E-state index >= 15 is 0 Å². The molecule has 0 bridgehead atoms. The summed E-state index contributed by atoms with van der Waals surface area (Å²) >= 11 is 0. The van der Waals surface area contributed by atoms with Crippen LogP contribution in [0.4, 0.5) is 5.82 Å². The number of hydrogen-bond acceptors (Lipinski definition) is 4. The van der Waals surface area contributed by atoms with E-state index in [1.807, 2.05) is 38.2 Å². The van der Waals surface area contributed by atoms with Gasteiger partial charge in [-0.3, -0.25) is 0 Å². The van der Waals surface area contributed by atoms with Crippen LogP contribution < -0.4 is 10.1 Å². The lowest BCUT2D eigenvalue weighted by molar-refractivity contribution is 0.416. The van der Waals surface area contributed by atoms with Crippen molar-refractivity contribution in [3.8, 4) is 17.1 Å². The summed E-state index contributed by atoms with van der Waals surface area (Å²) in [4.78, 5) is 9.08. The minimum absolute atomic E-state index is 0.695. The normalized spacial score (nSPS) is 10.3. The predicted octanol–water partition coefficient (Wildman–Crippen LogP) is 3.06. The first-order valence-electron chi connectivity index (χ1n) is 6.38. The minimum Gasteiger partial charge on any atom is -0.496 e. The summed E-state index contributed by atoms with van der Waals surface area (Å²) < 4.78 is 5.43. The number of nitrogens with one attached hydrogen (secondary N) is 1. The highest BCUT2D eigenvalue weighted by molar-refractivity contribution is 5.66. The molecule has 0 aliphatic rings. The van der Waals surface area contributed by atoms with Crippen molar-refractivity contribution in [2.24, 2.45) is 0 Å². The van der Waals surface area contributed by atoms with Gasteiger partial charge >= 0.3 is 0 Å². The van der Waals surface area contributed by atoms with Crippen LogP contribution in [0.2, 0.25) is 0 Å². The molecule has 0 saturated carbocycles. The Morgan fingerprint density at radius 3 is 2.63 bits per heavy atom. The highest BCUT2D eigenvalue weighted by Gasteiger charge is 2.11. The van der Waals surface area contributed by atoms with Gasteiger partial charge in [0.25, 0.3) is 0 Å². The first kappa shape index (κ1) is 13.3. The van der Waals surface area contributed by atoms with Crippen LogP contribution >= 0.6 is 0 Å². The quantitative estimate of drug-likeness (QED) is 0.914. The van der Waals surface area contributed by atoms with Gasteiger partial charge in [0.05, 0.1) is 12.7 Å². The molecule has 1 N–H and O–H groups in total. The molecular formula is C15H19N3O. The Labute approximate surface area is 113 Å². The van der Waals surface area contributed by atoms with E-state index < -0.39 is 0 Å². The summed E-state index contributed by atoms with van der Waals surface area (Å²) in [6, 6.07) is 8.00. The van der Waals surface area contributed by atoms with E-state index in [2.05, 4.69) is 22.2 Å². The molecule has 2 aromatic rings. The van der Waals surface area contributed by atoms with E-state index in [4.69, 9.17) is 4.74 Å². The van der Waals surface area contributed by atoms with Crippen molar-refractivity contribution in [3.63, 3.8) is 0 Å². The Bertz CT molecular complexity index is 559. The zero-order valence-corrected chi connectivity index (χ0v) is 11.8. The molecule has 0 radical (unpaired) electrons. The van der Waals surface area contributed by atoms with Gasteiger partial charge in [-0.05, 0) is 31.0 Å². The Morgan fingerprint density at radius 1 is 1.21 bits per heavy atom. The molecule has 0 amide bonds. The second-order valence-corrected chi connectivity index (χ2v) is 4.38. The summed E-state index contributed by atoms with van der Waals surface area (Å²) in [7, 11) is 3.53. The summed E-state index contributed by atoms with van der Waals surface area (Å²) in [6.45, 7) is 4.12. The first-order chi connectivity index (χ1) is 9.17. The number of rotatable bonds is 4. The number of aromatic nitrogens is 2. The van der Waals surface area contributed by atoms with Crippen LogP contribution in [0.1, 0.15) is 18.2 Å². The number of benzene rings is 1. The van der Waals surface area contributed by atoms with Gasteiger partial charge in [-0.1, -0.05) is 13.0 Å². The van der Waals surface area contributed by atoms with Crippen LogP contribution in [0.25, 0.3) is 11.4 Å². The molecule has 4 heteroatoms. The van der Waals surface area contributed by atoms with Crippen LogP contribution in [0, 0.1) is 6.92 Å². The first-order valence-corrected chi connectivity index (χ1v) is 6.38. The van der Waals surface area contributed by atoms with Gasteiger partial charge in [0.15, 0.2) is 5.82 Å². The van der Waals surface area contributed by atoms with Gasteiger partial charge < -0.3 is 10.1 Å². The van der Waals surface area contributed by atoms with Crippen LogP contribution in [-0.4, -0.2) is 24.1 Å². The van der Waals surface area contributed by atoms with E-state index in [0.29, 0.717) is 5.82 Å². The third-order valence-electron chi connectivity index (χ3n) is 3.00. The lowest BCUT2D eigenvalue weighted by atomic mass is 10.1. The third-order valence-corrected chi connectivity index (χ3v) is 3.00. The number of anilines is 1. The number of hydrogen-bond donors (Lipinski definition) is 1. The molecule has 0 atom stereocenters. The summed E-state index contributed by atoms with van der Waals surface area (Å²) in [5.41, 5.74) is 3.08. The van der Waals surface area contributed by atoms with Crippen LogP contribution in [-0.2, 0) is 6.42 Å². The maximum Gasteiger partial charge on any atom is 0.165 e. The van der Waals surface area contributed by atoms with Gasteiger partial charge in [-0.15, -0.1) is 0 Å². The molecule has 4 nitrogen and oxygen atoms in total. The third kappa shape index (κ3) is 2.84. The SMILES string of the molecule is CCc1cc(NC)nc(-c2ccc(C)cc2OC)n1. The molecule has 0 aliphatic heterocycles. The average Bonchev–Trinajstić information content (AvgIpc) is 2.46.